The molecule has 1 aliphatic heterocycles. The molecule has 2 aromatic carbocycles. The van der Waals surface area contributed by atoms with Crippen LogP contribution < -0.4 is 5.32 Å². The number of nitrogens with zero attached hydrogens (tertiary/aromatic N) is 1. The molecule has 0 spiro atoms. The van der Waals surface area contributed by atoms with Crippen LogP contribution in [0.1, 0.15) is 22.5 Å². The topological polar surface area (TPSA) is 62.6 Å². The SMILES string of the molecule is O=C(NC1CC(=O)N(Cc2cccc3ccccc23)C1)c1ccco1. The van der Waals surface area contributed by atoms with E-state index in [0.29, 0.717) is 19.5 Å². The van der Waals surface area contributed by atoms with E-state index in [-0.39, 0.29) is 23.6 Å². The normalized spacial score (nSPS) is 17.2. The highest BCUT2D eigenvalue weighted by atomic mass is 16.3. The third-order valence-corrected chi connectivity index (χ3v) is 4.54. The van der Waals surface area contributed by atoms with Crippen LogP contribution in [-0.2, 0) is 11.3 Å². The van der Waals surface area contributed by atoms with Crippen LogP contribution in [0.5, 0.6) is 0 Å². The van der Waals surface area contributed by atoms with E-state index in [4.69, 9.17) is 4.42 Å². The van der Waals surface area contributed by atoms with Crippen LogP contribution in [0.4, 0.5) is 0 Å². The van der Waals surface area contributed by atoms with Crippen molar-refractivity contribution in [3.05, 3.63) is 72.2 Å². The van der Waals surface area contributed by atoms with Gasteiger partial charge in [-0.1, -0.05) is 42.5 Å². The summed E-state index contributed by atoms with van der Waals surface area (Å²) < 4.78 is 5.09. The van der Waals surface area contributed by atoms with Crippen LogP contribution >= 0.6 is 0 Å². The Balaban J connectivity index is 1.46. The highest BCUT2D eigenvalue weighted by Crippen LogP contribution is 2.22. The monoisotopic (exact) mass is 334 g/mol. The molecule has 5 nitrogen and oxygen atoms in total. The highest BCUT2D eigenvalue weighted by Gasteiger charge is 2.31. The standard InChI is InChI=1S/C20H18N2O3/c23-19-11-16(21-20(24)18-9-4-10-25-18)13-22(19)12-15-7-3-6-14-5-1-2-8-17(14)15/h1-10,16H,11-13H2,(H,21,24). The maximum atomic E-state index is 12.3. The molecule has 1 aromatic heterocycles. The van der Waals surface area contributed by atoms with Gasteiger partial charge in [0.15, 0.2) is 5.76 Å². The number of hydrogen-bond donors (Lipinski definition) is 1. The lowest BCUT2D eigenvalue weighted by Gasteiger charge is -2.18. The zero-order valence-electron chi connectivity index (χ0n) is 13.6. The number of amides is 2. The van der Waals surface area contributed by atoms with Gasteiger partial charge in [0.25, 0.3) is 5.91 Å². The largest absolute Gasteiger partial charge is 0.459 e. The molecule has 1 unspecified atom stereocenters. The lowest BCUT2D eigenvalue weighted by Crippen LogP contribution is -2.36. The van der Waals surface area contributed by atoms with Crippen LogP contribution in [0.15, 0.2) is 65.3 Å². The molecule has 2 amide bonds. The number of furan rings is 1. The molecule has 1 fully saturated rings. The summed E-state index contributed by atoms with van der Waals surface area (Å²) in [6.45, 7) is 1.06. The van der Waals surface area contributed by atoms with Crippen molar-refractivity contribution >= 4 is 22.6 Å². The van der Waals surface area contributed by atoms with Crippen LogP contribution in [-0.4, -0.2) is 29.3 Å². The Morgan fingerprint density at radius 3 is 2.80 bits per heavy atom. The van der Waals surface area contributed by atoms with Crippen molar-refractivity contribution in [1.29, 1.82) is 0 Å². The minimum Gasteiger partial charge on any atom is -0.459 e. The average molecular weight is 334 g/mol. The molecular weight excluding hydrogens is 316 g/mol. The van der Waals surface area contributed by atoms with E-state index in [2.05, 4.69) is 23.5 Å². The third-order valence-electron chi connectivity index (χ3n) is 4.54. The van der Waals surface area contributed by atoms with E-state index in [1.807, 2.05) is 24.3 Å². The predicted octanol–water partition coefficient (Wildman–Crippen LogP) is 2.96. The Morgan fingerprint density at radius 1 is 1.12 bits per heavy atom. The number of rotatable bonds is 4. The van der Waals surface area contributed by atoms with Crippen molar-refractivity contribution in [3.63, 3.8) is 0 Å². The van der Waals surface area contributed by atoms with Crippen LogP contribution in [0.25, 0.3) is 10.8 Å². The molecule has 4 rings (SSSR count). The summed E-state index contributed by atoms with van der Waals surface area (Å²) in [6.07, 6.45) is 1.78. The van der Waals surface area contributed by atoms with E-state index in [1.54, 1.807) is 17.0 Å². The van der Waals surface area contributed by atoms with E-state index < -0.39 is 0 Å². The number of carbonyl (C=O) groups is 2. The summed E-state index contributed by atoms with van der Waals surface area (Å²) in [5, 5.41) is 5.18. The van der Waals surface area contributed by atoms with Gasteiger partial charge < -0.3 is 14.6 Å². The molecule has 126 valence electrons. The molecule has 3 aromatic rings. The van der Waals surface area contributed by atoms with Gasteiger partial charge in [0.05, 0.1) is 12.3 Å². The lowest BCUT2D eigenvalue weighted by molar-refractivity contribution is -0.128. The maximum absolute atomic E-state index is 12.3. The third kappa shape index (κ3) is 3.13. The zero-order valence-corrected chi connectivity index (χ0v) is 13.6. The van der Waals surface area contributed by atoms with Crippen molar-refractivity contribution in [1.82, 2.24) is 10.2 Å². The van der Waals surface area contributed by atoms with Gasteiger partial charge in [-0.25, -0.2) is 0 Å². The molecule has 25 heavy (non-hydrogen) atoms. The second-order valence-corrected chi connectivity index (χ2v) is 6.26. The fourth-order valence-corrected chi connectivity index (χ4v) is 3.32. The molecule has 1 N–H and O–H groups in total. The van der Waals surface area contributed by atoms with Gasteiger partial charge in [-0.2, -0.15) is 0 Å². The van der Waals surface area contributed by atoms with Gasteiger partial charge in [0, 0.05) is 19.5 Å². The smallest absolute Gasteiger partial charge is 0.287 e. The number of fused-ring (bicyclic) bond motifs is 1. The molecule has 0 bridgehead atoms. The summed E-state index contributed by atoms with van der Waals surface area (Å²) in [7, 11) is 0. The summed E-state index contributed by atoms with van der Waals surface area (Å²) in [4.78, 5) is 26.2. The molecule has 1 aliphatic rings. The predicted molar refractivity (Wildman–Crippen MR) is 93.9 cm³/mol. The van der Waals surface area contributed by atoms with Crippen molar-refractivity contribution in [2.75, 3.05) is 6.54 Å². The van der Waals surface area contributed by atoms with Gasteiger partial charge in [-0.3, -0.25) is 9.59 Å². The molecular formula is C20H18N2O3. The van der Waals surface area contributed by atoms with E-state index in [9.17, 15) is 9.59 Å². The number of benzene rings is 2. The number of hydrogen-bond acceptors (Lipinski definition) is 3. The highest BCUT2D eigenvalue weighted by molar-refractivity contribution is 5.92. The Bertz CT molecular complexity index is 912. The van der Waals surface area contributed by atoms with Gasteiger partial charge in [0.2, 0.25) is 5.91 Å². The van der Waals surface area contributed by atoms with Gasteiger partial charge >= 0.3 is 0 Å². The van der Waals surface area contributed by atoms with Crippen molar-refractivity contribution in [2.45, 2.75) is 19.0 Å². The second-order valence-electron chi connectivity index (χ2n) is 6.26. The second kappa shape index (κ2) is 6.43. The van der Waals surface area contributed by atoms with Crippen LogP contribution in [0.3, 0.4) is 0 Å². The zero-order chi connectivity index (χ0) is 17.2. The van der Waals surface area contributed by atoms with Gasteiger partial charge in [-0.05, 0) is 28.5 Å². The number of carbonyl (C=O) groups excluding carboxylic acids is 2. The fraction of sp³-hybridized carbons (Fsp3) is 0.200. The molecule has 5 heteroatoms. The van der Waals surface area contributed by atoms with Crippen LogP contribution in [0.2, 0.25) is 0 Å². The average Bonchev–Trinajstić information content (AvgIpc) is 3.26. The molecule has 0 radical (unpaired) electrons. The Morgan fingerprint density at radius 2 is 1.96 bits per heavy atom. The number of nitrogens with one attached hydrogen (secondary N) is 1. The van der Waals surface area contributed by atoms with Crippen molar-refractivity contribution < 1.29 is 14.0 Å². The first-order chi connectivity index (χ1) is 12.2. The van der Waals surface area contributed by atoms with Crippen molar-refractivity contribution in [3.8, 4) is 0 Å². The first-order valence-corrected chi connectivity index (χ1v) is 8.29. The Hall–Kier alpha value is -3.08. The molecule has 0 saturated carbocycles. The lowest BCUT2D eigenvalue weighted by atomic mass is 10.0. The minimum atomic E-state index is -0.283. The Kier molecular flexibility index (Phi) is 3.98. The number of likely N-dealkylation sites (tertiary alicyclic amines) is 1. The molecule has 2 heterocycles. The molecule has 0 aliphatic carbocycles. The van der Waals surface area contributed by atoms with E-state index in [1.165, 1.54) is 6.26 Å². The maximum Gasteiger partial charge on any atom is 0.287 e. The summed E-state index contributed by atoms with van der Waals surface area (Å²) in [5.74, 6) is 0.0347. The van der Waals surface area contributed by atoms with Gasteiger partial charge in [0.1, 0.15) is 0 Å². The molecule has 1 atom stereocenters. The van der Waals surface area contributed by atoms with Crippen molar-refractivity contribution in [2.24, 2.45) is 0 Å². The minimum absolute atomic E-state index is 0.0534. The van der Waals surface area contributed by atoms with Gasteiger partial charge in [-0.15, -0.1) is 0 Å². The first-order valence-electron chi connectivity index (χ1n) is 8.29. The van der Waals surface area contributed by atoms with E-state index >= 15 is 0 Å². The fourth-order valence-electron chi connectivity index (χ4n) is 3.32. The van der Waals surface area contributed by atoms with Crippen LogP contribution in [0, 0.1) is 0 Å². The van der Waals surface area contributed by atoms with E-state index in [0.717, 1.165) is 16.3 Å². The summed E-state index contributed by atoms with van der Waals surface area (Å²) >= 11 is 0. The summed E-state index contributed by atoms with van der Waals surface area (Å²) in [5.41, 5.74) is 1.12. The first kappa shape index (κ1) is 15.4. The molecule has 1 saturated heterocycles. The Labute approximate surface area is 145 Å². The summed E-state index contributed by atoms with van der Waals surface area (Å²) in [6, 6.07) is 17.4. The quantitative estimate of drug-likeness (QED) is 0.798.